The fourth-order valence-corrected chi connectivity index (χ4v) is 4.63. The van der Waals surface area contributed by atoms with Crippen LogP contribution in [0.1, 0.15) is 35.5 Å². The Bertz CT molecular complexity index is 752. The molecule has 124 valence electrons. The SMILES string of the molecule is CCCS(=O)(=O)c1ccccc1C(=O)N(CC)Cc1cccs1. The van der Waals surface area contributed by atoms with Crippen molar-refractivity contribution in [3.63, 3.8) is 0 Å². The molecule has 0 spiro atoms. The minimum atomic E-state index is -3.43. The lowest BCUT2D eigenvalue weighted by atomic mass is 10.2. The van der Waals surface area contributed by atoms with E-state index in [0.29, 0.717) is 19.5 Å². The first-order valence-corrected chi connectivity index (χ1v) is 10.2. The summed E-state index contributed by atoms with van der Waals surface area (Å²) < 4.78 is 24.8. The fourth-order valence-electron chi connectivity index (χ4n) is 2.38. The maximum absolute atomic E-state index is 12.8. The number of hydrogen-bond acceptors (Lipinski definition) is 4. The van der Waals surface area contributed by atoms with Gasteiger partial charge in [0.15, 0.2) is 9.84 Å². The third-order valence-corrected chi connectivity index (χ3v) is 6.35. The number of hydrogen-bond donors (Lipinski definition) is 0. The van der Waals surface area contributed by atoms with Crippen LogP contribution in [0.3, 0.4) is 0 Å². The van der Waals surface area contributed by atoms with E-state index in [2.05, 4.69) is 0 Å². The molecule has 0 bridgehead atoms. The van der Waals surface area contributed by atoms with Gasteiger partial charge in [-0.2, -0.15) is 0 Å². The molecule has 0 unspecified atom stereocenters. The van der Waals surface area contributed by atoms with E-state index in [-0.39, 0.29) is 22.1 Å². The lowest BCUT2D eigenvalue weighted by molar-refractivity contribution is 0.0750. The number of rotatable bonds is 7. The maximum atomic E-state index is 12.8. The van der Waals surface area contributed by atoms with Gasteiger partial charge in [-0.1, -0.05) is 25.1 Å². The number of thiophene rings is 1. The van der Waals surface area contributed by atoms with Crippen LogP contribution in [0.5, 0.6) is 0 Å². The summed E-state index contributed by atoms with van der Waals surface area (Å²) in [5.74, 6) is -0.190. The Morgan fingerprint density at radius 2 is 1.87 bits per heavy atom. The number of benzene rings is 1. The summed E-state index contributed by atoms with van der Waals surface area (Å²) in [5.41, 5.74) is 0.263. The Kier molecular flexibility index (Phi) is 5.96. The van der Waals surface area contributed by atoms with Crippen molar-refractivity contribution in [3.8, 4) is 0 Å². The summed E-state index contributed by atoms with van der Waals surface area (Å²) in [6.45, 7) is 4.74. The smallest absolute Gasteiger partial charge is 0.255 e. The van der Waals surface area contributed by atoms with Gasteiger partial charge in [-0.05, 0) is 36.9 Å². The van der Waals surface area contributed by atoms with Gasteiger partial charge < -0.3 is 4.90 Å². The topological polar surface area (TPSA) is 54.5 Å². The van der Waals surface area contributed by atoms with E-state index in [9.17, 15) is 13.2 Å². The highest BCUT2D eigenvalue weighted by Crippen LogP contribution is 2.21. The maximum Gasteiger partial charge on any atom is 0.255 e. The third kappa shape index (κ3) is 4.20. The molecule has 0 N–H and O–H groups in total. The van der Waals surface area contributed by atoms with Gasteiger partial charge in [0, 0.05) is 11.4 Å². The standard InChI is InChI=1S/C17H21NO3S2/c1-3-12-23(20,21)16-10-6-5-9-15(16)17(19)18(4-2)13-14-8-7-11-22-14/h5-11H,3-4,12-13H2,1-2H3. The van der Waals surface area contributed by atoms with Crippen LogP contribution in [0, 0.1) is 0 Å². The van der Waals surface area contributed by atoms with Gasteiger partial charge in [-0.3, -0.25) is 4.79 Å². The molecule has 0 aliphatic heterocycles. The minimum Gasteiger partial charge on any atom is -0.334 e. The van der Waals surface area contributed by atoms with Crippen LogP contribution in [0.25, 0.3) is 0 Å². The normalized spacial score (nSPS) is 11.4. The largest absolute Gasteiger partial charge is 0.334 e. The van der Waals surface area contributed by atoms with Gasteiger partial charge in [0.05, 0.1) is 22.8 Å². The molecule has 0 aliphatic carbocycles. The molecular weight excluding hydrogens is 330 g/mol. The van der Waals surface area contributed by atoms with Crippen LogP contribution >= 0.6 is 11.3 Å². The summed E-state index contributed by atoms with van der Waals surface area (Å²) in [6.07, 6.45) is 0.525. The zero-order valence-electron chi connectivity index (χ0n) is 13.4. The summed E-state index contributed by atoms with van der Waals surface area (Å²) in [5, 5.41) is 1.97. The highest BCUT2D eigenvalue weighted by molar-refractivity contribution is 7.91. The Labute approximate surface area is 141 Å². The van der Waals surface area contributed by atoms with E-state index in [1.165, 1.54) is 6.07 Å². The van der Waals surface area contributed by atoms with Gasteiger partial charge in [0.2, 0.25) is 0 Å². The second-order valence-corrected chi connectivity index (χ2v) is 8.32. The molecule has 0 aliphatic rings. The third-order valence-electron chi connectivity index (χ3n) is 3.52. The summed E-state index contributed by atoms with van der Waals surface area (Å²) in [4.78, 5) is 15.7. The van der Waals surface area contributed by atoms with Crippen LogP contribution < -0.4 is 0 Å². The highest BCUT2D eigenvalue weighted by atomic mass is 32.2. The van der Waals surface area contributed by atoms with Gasteiger partial charge in [-0.15, -0.1) is 11.3 Å². The van der Waals surface area contributed by atoms with E-state index < -0.39 is 9.84 Å². The second-order valence-electron chi connectivity index (χ2n) is 5.21. The molecule has 1 heterocycles. The molecule has 1 amide bonds. The molecule has 1 aromatic carbocycles. The summed E-state index contributed by atoms with van der Waals surface area (Å²) in [6, 6.07) is 10.4. The van der Waals surface area contributed by atoms with Crippen molar-refractivity contribution in [2.75, 3.05) is 12.3 Å². The predicted octanol–water partition coefficient (Wildman–Crippen LogP) is 3.59. The van der Waals surface area contributed by atoms with Crippen LogP contribution in [-0.4, -0.2) is 31.5 Å². The Morgan fingerprint density at radius 3 is 2.48 bits per heavy atom. The predicted molar refractivity (Wildman–Crippen MR) is 93.5 cm³/mol. The van der Waals surface area contributed by atoms with Crippen LogP contribution in [0.2, 0.25) is 0 Å². The Morgan fingerprint density at radius 1 is 1.13 bits per heavy atom. The second kappa shape index (κ2) is 7.75. The molecule has 6 heteroatoms. The highest BCUT2D eigenvalue weighted by Gasteiger charge is 2.24. The first kappa shape index (κ1) is 17.7. The molecule has 0 atom stereocenters. The molecule has 23 heavy (non-hydrogen) atoms. The number of carbonyl (C=O) groups is 1. The number of amides is 1. The molecule has 0 radical (unpaired) electrons. The molecule has 1 aromatic heterocycles. The monoisotopic (exact) mass is 351 g/mol. The van der Waals surface area contributed by atoms with Crippen molar-refractivity contribution in [1.82, 2.24) is 4.90 Å². The first-order chi connectivity index (χ1) is 11.0. The van der Waals surface area contributed by atoms with E-state index in [0.717, 1.165) is 4.88 Å². The lowest BCUT2D eigenvalue weighted by Gasteiger charge is -2.21. The summed E-state index contributed by atoms with van der Waals surface area (Å²) in [7, 11) is -3.43. The average molecular weight is 351 g/mol. The number of carbonyl (C=O) groups excluding carboxylic acids is 1. The fraction of sp³-hybridized carbons (Fsp3) is 0.353. The molecular formula is C17H21NO3S2. The molecule has 2 aromatic rings. The van der Waals surface area contributed by atoms with Crippen LogP contribution in [0.15, 0.2) is 46.7 Å². The van der Waals surface area contributed by atoms with Crippen LogP contribution in [0.4, 0.5) is 0 Å². The molecule has 4 nitrogen and oxygen atoms in total. The molecule has 0 fully saturated rings. The van der Waals surface area contributed by atoms with Gasteiger partial charge in [-0.25, -0.2) is 8.42 Å². The van der Waals surface area contributed by atoms with Gasteiger partial charge in [0.1, 0.15) is 0 Å². The van der Waals surface area contributed by atoms with E-state index in [4.69, 9.17) is 0 Å². The summed E-state index contributed by atoms with van der Waals surface area (Å²) >= 11 is 1.58. The Balaban J connectivity index is 2.35. The zero-order chi connectivity index (χ0) is 16.9. The minimum absolute atomic E-state index is 0.0499. The van der Waals surface area contributed by atoms with Gasteiger partial charge in [0.25, 0.3) is 5.91 Å². The lowest BCUT2D eigenvalue weighted by Crippen LogP contribution is -2.31. The quantitative estimate of drug-likeness (QED) is 0.766. The first-order valence-electron chi connectivity index (χ1n) is 7.63. The van der Waals surface area contributed by atoms with Crippen molar-refractivity contribution < 1.29 is 13.2 Å². The van der Waals surface area contributed by atoms with E-state index in [1.54, 1.807) is 34.4 Å². The van der Waals surface area contributed by atoms with Crippen LogP contribution in [-0.2, 0) is 16.4 Å². The van der Waals surface area contributed by atoms with E-state index >= 15 is 0 Å². The number of sulfone groups is 1. The Hall–Kier alpha value is -1.66. The van der Waals surface area contributed by atoms with E-state index in [1.807, 2.05) is 31.4 Å². The zero-order valence-corrected chi connectivity index (χ0v) is 15.0. The average Bonchev–Trinajstić information content (AvgIpc) is 3.05. The number of nitrogens with zero attached hydrogens (tertiary/aromatic N) is 1. The van der Waals surface area contributed by atoms with Crippen molar-refractivity contribution in [2.45, 2.75) is 31.7 Å². The van der Waals surface area contributed by atoms with Gasteiger partial charge >= 0.3 is 0 Å². The molecule has 2 rings (SSSR count). The van der Waals surface area contributed by atoms with Crippen molar-refractivity contribution in [1.29, 1.82) is 0 Å². The van der Waals surface area contributed by atoms with Crippen molar-refractivity contribution in [3.05, 3.63) is 52.2 Å². The molecule has 0 saturated heterocycles. The molecule has 0 saturated carbocycles. The van der Waals surface area contributed by atoms with Crippen molar-refractivity contribution >= 4 is 27.1 Å². The van der Waals surface area contributed by atoms with Crippen molar-refractivity contribution in [2.24, 2.45) is 0 Å².